The average Bonchev–Trinajstić information content (AvgIpc) is 2.40. The minimum atomic E-state index is -3.21. The molecule has 114 valence electrons. The summed E-state index contributed by atoms with van der Waals surface area (Å²) in [7, 11) is -3.21. The second-order valence-electron chi connectivity index (χ2n) is 4.69. The molecule has 0 fully saturated rings. The minimum Gasteiger partial charge on any atom is -0.317 e. The number of sulfonamides is 1. The van der Waals surface area contributed by atoms with Crippen LogP contribution in [0.2, 0.25) is 0 Å². The Hall–Kier alpha value is -0.980. The second kappa shape index (κ2) is 9.05. The molecule has 0 radical (unpaired) electrons. The smallest absolute Gasteiger partial charge is 0.211 e. The van der Waals surface area contributed by atoms with Crippen molar-refractivity contribution in [3.63, 3.8) is 0 Å². The Kier molecular flexibility index (Phi) is 7.72. The lowest BCUT2D eigenvalue weighted by molar-refractivity contribution is 0.574. The predicted molar refractivity (Wildman–Crippen MR) is 79.7 cm³/mol. The van der Waals surface area contributed by atoms with Crippen molar-refractivity contribution >= 4 is 10.0 Å². The maximum atomic E-state index is 12.7. The zero-order chi connectivity index (χ0) is 14.8. The van der Waals surface area contributed by atoms with Crippen LogP contribution in [0.1, 0.15) is 25.3 Å². The van der Waals surface area contributed by atoms with E-state index in [2.05, 4.69) is 17.0 Å². The molecule has 0 spiro atoms. The highest BCUT2D eigenvalue weighted by Gasteiger charge is 2.08. The van der Waals surface area contributed by atoms with Gasteiger partial charge in [-0.3, -0.25) is 0 Å². The number of benzene rings is 1. The second-order valence-corrected chi connectivity index (χ2v) is 6.62. The zero-order valence-corrected chi connectivity index (χ0v) is 12.7. The summed E-state index contributed by atoms with van der Waals surface area (Å²) in [6.45, 7) is 4.04. The summed E-state index contributed by atoms with van der Waals surface area (Å²) in [5, 5.41) is 3.17. The fourth-order valence-corrected chi connectivity index (χ4v) is 2.84. The summed E-state index contributed by atoms with van der Waals surface area (Å²) in [6.07, 6.45) is 2.21. The van der Waals surface area contributed by atoms with Crippen LogP contribution in [0.4, 0.5) is 4.39 Å². The molecule has 0 aliphatic carbocycles. The molecule has 20 heavy (non-hydrogen) atoms. The van der Waals surface area contributed by atoms with E-state index in [1.807, 2.05) is 0 Å². The molecule has 0 saturated heterocycles. The van der Waals surface area contributed by atoms with Gasteiger partial charge in [0.15, 0.2) is 0 Å². The Morgan fingerprint density at radius 1 is 1.10 bits per heavy atom. The third kappa shape index (κ3) is 7.57. The van der Waals surface area contributed by atoms with Gasteiger partial charge in [-0.05, 0) is 50.0 Å². The Bertz CT molecular complexity index is 474. The van der Waals surface area contributed by atoms with E-state index in [1.54, 1.807) is 12.1 Å². The van der Waals surface area contributed by atoms with Crippen LogP contribution in [0.15, 0.2) is 24.3 Å². The SMILES string of the molecule is CCCNCCCS(=O)(=O)NCCc1ccc(F)cc1. The lowest BCUT2D eigenvalue weighted by Gasteiger charge is -2.07. The third-order valence-corrected chi connectivity index (χ3v) is 4.31. The monoisotopic (exact) mass is 302 g/mol. The van der Waals surface area contributed by atoms with Crippen molar-refractivity contribution < 1.29 is 12.8 Å². The number of hydrogen-bond donors (Lipinski definition) is 2. The summed E-state index contributed by atoms with van der Waals surface area (Å²) in [6, 6.07) is 6.09. The van der Waals surface area contributed by atoms with Crippen molar-refractivity contribution in [2.24, 2.45) is 0 Å². The highest BCUT2D eigenvalue weighted by molar-refractivity contribution is 7.89. The van der Waals surface area contributed by atoms with Gasteiger partial charge in [-0.15, -0.1) is 0 Å². The lowest BCUT2D eigenvalue weighted by Crippen LogP contribution is -2.30. The molecule has 1 rings (SSSR count). The molecule has 0 aliphatic heterocycles. The first kappa shape index (κ1) is 17.1. The Balaban J connectivity index is 2.20. The van der Waals surface area contributed by atoms with Gasteiger partial charge in [0, 0.05) is 6.54 Å². The molecule has 0 saturated carbocycles. The van der Waals surface area contributed by atoms with Gasteiger partial charge in [0.25, 0.3) is 0 Å². The highest BCUT2D eigenvalue weighted by atomic mass is 32.2. The van der Waals surface area contributed by atoms with Gasteiger partial charge < -0.3 is 5.32 Å². The Labute approximate surface area is 120 Å². The average molecular weight is 302 g/mol. The first-order chi connectivity index (χ1) is 9.53. The lowest BCUT2D eigenvalue weighted by atomic mass is 10.1. The maximum Gasteiger partial charge on any atom is 0.211 e. The van der Waals surface area contributed by atoms with Crippen molar-refractivity contribution in [1.82, 2.24) is 10.0 Å². The highest BCUT2D eigenvalue weighted by Crippen LogP contribution is 2.03. The minimum absolute atomic E-state index is 0.132. The maximum absolute atomic E-state index is 12.7. The number of rotatable bonds is 10. The summed E-state index contributed by atoms with van der Waals surface area (Å²) < 4.78 is 38.7. The Morgan fingerprint density at radius 2 is 1.80 bits per heavy atom. The predicted octanol–water partition coefficient (Wildman–Crippen LogP) is 1.68. The number of halogens is 1. The first-order valence-electron chi connectivity index (χ1n) is 6.96. The van der Waals surface area contributed by atoms with Crippen molar-refractivity contribution in [2.75, 3.05) is 25.4 Å². The van der Waals surface area contributed by atoms with Crippen LogP contribution >= 0.6 is 0 Å². The normalized spacial score (nSPS) is 11.7. The zero-order valence-electron chi connectivity index (χ0n) is 11.9. The van der Waals surface area contributed by atoms with E-state index in [9.17, 15) is 12.8 Å². The van der Waals surface area contributed by atoms with Gasteiger partial charge in [0.1, 0.15) is 5.82 Å². The summed E-state index contributed by atoms with van der Waals surface area (Å²) in [5.74, 6) is -0.151. The first-order valence-corrected chi connectivity index (χ1v) is 8.61. The Morgan fingerprint density at radius 3 is 2.45 bits per heavy atom. The molecule has 0 heterocycles. The van der Waals surface area contributed by atoms with Gasteiger partial charge in [-0.2, -0.15) is 0 Å². The summed E-state index contributed by atoms with van der Waals surface area (Å²) in [4.78, 5) is 0. The van der Waals surface area contributed by atoms with E-state index >= 15 is 0 Å². The van der Waals surface area contributed by atoms with E-state index < -0.39 is 10.0 Å². The molecule has 0 aliphatic rings. The molecule has 2 N–H and O–H groups in total. The van der Waals surface area contributed by atoms with Crippen LogP contribution in [0, 0.1) is 5.82 Å². The van der Waals surface area contributed by atoms with Gasteiger partial charge in [-0.1, -0.05) is 19.1 Å². The molecular weight excluding hydrogens is 279 g/mol. The van der Waals surface area contributed by atoms with Crippen LogP contribution in [0.25, 0.3) is 0 Å². The van der Waals surface area contributed by atoms with Gasteiger partial charge in [0.2, 0.25) is 10.0 Å². The van der Waals surface area contributed by atoms with Crippen molar-refractivity contribution in [1.29, 1.82) is 0 Å². The van der Waals surface area contributed by atoms with Crippen molar-refractivity contribution in [3.05, 3.63) is 35.6 Å². The molecular formula is C14H23FN2O2S. The summed E-state index contributed by atoms with van der Waals surface area (Å²) >= 11 is 0. The van der Waals surface area contributed by atoms with Crippen LogP contribution in [0.3, 0.4) is 0 Å². The molecule has 0 aromatic heterocycles. The molecule has 0 unspecified atom stereocenters. The van der Waals surface area contributed by atoms with E-state index in [1.165, 1.54) is 12.1 Å². The standard InChI is InChI=1S/C14H23FN2O2S/c1-2-9-16-10-3-12-20(18,19)17-11-8-13-4-6-14(15)7-5-13/h4-7,16-17H,2-3,8-12H2,1H3. The fourth-order valence-electron chi connectivity index (χ4n) is 1.76. The molecule has 0 atom stereocenters. The van der Waals surface area contributed by atoms with Gasteiger partial charge in [0.05, 0.1) is 5.75 Å². The van der Waals surface area contributed by atoms with Gasteiger partial charge in [-0.25, -0.2) is 17.5 Å². The molecule has 1 aromatic carbocycles. The van der Waals surface area contributed by atoms with E-state index in [-0.39, 0.29) is 11.6 Å². The van der Waals surface area contributed by atoms with E-state index in [0.29, 0.717) is 25.9 Å². The van der Waals surface area contributed by atoms with Crippen molar-refractivity contribution in [2.45, 2.75) is 26.2 Å². The van der Waals surface area contributed by atoms with Crippen LogP contribution < -0.4 is 10.0 Å². The topological polar surface area (TPSA) is 58.2 Å². The van der Waals surface area contributed by atoms with E-state index in [4.69, 9.17) is 0 Å². The third-order valence-electron chi connectivity index (χ3n) is 2.84. The molecule has 0 bridgehead atoms. The fraction of sp³-hybridized carbons (Fsp3) is 0.571. The molecule has 0 amide bonds. The van der Waals surface area contributed by atoms with Crippen molar-refractivity contribution in [3.8, 4) is 0 Å². The van der Waals surface area contributed by atoms with E-state index in [0.717, 1.165) is 18.5 Å². The van der Waals surface area contributed by atoms with Crippen LogP contribution in [-0.2, 0) is 16.4 Å². The molecule has 6 heteroatoms. The molecule has 1 aromatic rings. The molecule has 4 nitrogen and oxygen atoms in total. The summed E-state index contributed by atoms with van der Waals surface area (Å²) in [5.41, 5.74) is 0.915. The number of hydrogen-bond acceptors (Lipinski definition) is 3. The van der Waals surface area contributed by atoms with Crippen LogP contribution in [0.5, 0.6) is 0 Å². The number of nitrogens with one attached hydrogen (secondary N) is 2. The quantitative estimate of drug-likeness (QED) is 0.647. The largest absolute Gasteiger partial charge is 0.317 e. The van der Waals surface area contributed by atoms with Gasteiger partial charge >= 0.3 is 0 Å². The van der Waals surface area contributed by atoms with Crippen LogP contribution in [-0.4, -0.2) is 33.8 Å².